The third-order valence-corrected chi connectivity index (χ3v) is 5.93. The number of hydrogen-bond donors (Lipinski definition) is 0. The minimum Gasteiger partial charge on any atom is -0.372 e. The Labute approximate surface area is 159 Å². The fourth-order valence-electron chi connectivity index (χ4n) is 4.43. The van der Waals surface area contributed by atoms with Gasteiger partial charge in [0.1, 0.15) is 5.69 Å². The molecule has 2 aliphatic heterocycles. The fourth-order valence-corrected chi connectivity index (χ4v) is 4.43. The van der Waals surface area contributed by atoms with Gasteiger partial charge in [-0.1, -0.05) is 36.4 Å². The van der Waals surface area contributed by atoms with E-state index in [4.69, 9.17) is 0 Å². The van der Waals surface area contributed by atoms with Crippen LogP contribution in [0.15, 0.2) is 54.6 Å². The summed E-state index contributed by atoms with van der Waals surface area (Å²) >= 11 is 0. The van der Waals surface area contributed by atoms with Gasteiger partial charge in [-0.15, -0.1) is 0 Å². The monoisotopic (exact) mass is 360 g/mol. The van der Waals surface area contributed by atoms with Gasteiger partial charge in [-0.25, -0.2) is 0 Å². The molecule has 3 aromatic rings. The maximum atomic E-state index is 13.1. The summed E-state index contributed by atoms with van der Waals surface area (Å²) in [6.45, 7) is 4.55. The topological polar surface area (TPSA) is 41.4 Å². The highest BCUT2D eigenvalue weighted by Crippen LogP contribution is 2.27. The number of rotatable bonds is 3. The summed E-state index contributed by atoms with van der Waals surface area (Å²) in [5, 5.41) is 5.57. The summed E-state index contributed by atoms with van der Waals surface area (Å²) in [5.74, 6) is 0.718. The van der Waals surface area contributed by atoms with Crippen molar-refractivity contribution < 1.29 is 4.79 Å². The Balaban J connectivity index is 1.27. The van der Waals surface area contributed by atoms with Crippen LogP contribution in [-0.4, -0.2) is 46.8 Å². The lowest BCUT2D eigenvalue weighted by atomic mass is 9.95. The molecule has 5 rings (SSSR count). The summed E-state index contributed by atoms with van der Waals surface area (Å²) < 4.78 is 1.89. The molecule has 0 unspecified atom stereocenters. The number of piperidine rings is 1. The molecular weight excluding hydrogens is 336 g/mol. The van der Waals surface area contributed by atoms with Gasteiger partial charge in [0.05, 0.1) is 12.1 Å². The number of para-hydroxylation sites is 1. The van der Waals surface area contributed by atoms with E-state index in [9.17, 15) is 4.79 Å². The van der Waals surface area contributed by atoms with Crippen LogP contribution in [0.1, 0.15) is 23.3 Å². The zero-order valence-electron chi connectivity index (χ0n) is 15.4. The lowest BCUT2D eigenvalue weighted by Gasteiger charge is -2.37. The molecule has 1 amide bonds. The van der Waals surface area contributed by atoms with Crippen LogP contribution in [0.5, 0.6) is 0 Å². The van der Waals surface area contributed by atoms with E-state index in [1.807, 2.05) is 33.8 Å². The second-order valence-corrected chi connectivity index (χ2v) is 7.61. The van der Waals surface area contributed by atoms with Crippen molar-refractivity contribution in [3.63, 3.8) is 0 Å². The van der Waals surface area contributed by atoms with Gasteiger partial charge in [0.15, 0.2) is 0 Å². The van der Waals surface area contributed by atoms with E-state index in [-0.39, 0.29) is 5.91 Å². The lowest BCUT2D eigenvalue weighted by Crippen LogP contribution is -2.45. The van der Waals surface area contributed by atoms with Crippen LogP contribution < -0.4 is 4.90 Å². The lowest BCUT2D eigenvalue weighted by molar-refractivity contribution is 0.0660. The van der Waals surface area contributed by atoms with Crippen molar-refractivity contribution in [1.29, 1.82) is 0 Å². The van der Waals surface area contributed by atoms with Gasteiger partial charge >= 0.3 is 0 Å². The number of amides is 1. The Bertz CT molecular complexity index is 957. The fraction of sp³-hybridized carbons (Fsp3) is 0.364. The minimum absolute atomic E-state index is 0.139. The summed E-state index contributed by atoms with van der Waals surface area (Å²) in [7, 11) is 0. The highest BCUT2D eigenvalue weighted by Gasteiger charge is 2.30. The van der Waals surface area contributed by atoms with Crippen LogP contribution in [0, 0.1) is 5.92 Å². The molecule has 0 atom stereocenters. The maximum absolute atomic E-state index is 13.1. The van der Waals surface area contributed by atoms with Gasteiger partial charge < -0.3 is 9.80 Å². The summed E-state index contributed by atoms with van der Waals surface area (Å²) in [6, 6.07) is 18.6. The quantitative estimate of drug-likeness (QED) is 0.719. The molecule has 0 N–H and O–H groups in total. The first-order valence-electron chi connectivity index (χ1n) is 9.84. The number of aromatic nitrogens is 2. The molecule has 0 bridgehead atoms. The summed E-state index contributed by atoms with van der Waals surface area (Å²) in [4.78, 5) is 17.6. The van der Waals surface area contributed by atoms with E-state index in [2.05, 4.69) is 40.3 Å². The smallest absolute Gasteiger partial charge is 0.272 e. The van der Waals surface area contributed by atoms with E-state index in [0.29, 0.717) is 5.92 Å². The predicted molar refractivity (Wildman–Crippen MR) is 107 cm³/mol. The number of benzene rings is 2. The zero-order chi connectivity index (χ0) is 18.2. The molecule has 2 aliphatic rings. The molecule has 1 aromatic heterocycles. The maximum Gasteiger partial charge on any atom is 0.272 e. The van der Waals surface area contributed by atoms with Crippen LogP contribution >= 0.6 is 0 Å². The average Bonchev–Trinajstić information content (AvgIpc) is 3.11. The number of nitrogens with zero attached hydrogens (tertiary/aromatic N) is 4. The van der Waals surface area contributed by atoms with E-state index >= 15 is 0 Å². The van der Waals surface area contributed by atoms with Gasteiger partial charge in [0, 0.05) is 37.3 Å². The first kappa shape index (κ1) is 16.4. The van der Waals surface area contributed by atoms with Crippen LogP contribution in [-0.2, 0) is 6.54 Å². The van der Waals surface area contributed by atoms with Crippen molar-refractivity contribution in [1.82, 2.24) is 14.7 Å². The number of anilines is 1. The molecule has 0 radical (unpaired) electrons. The average molecular weight is 360 g/mol. The van der Waals surface area contributed by atoms with E-state index < -0.39 is 0 Å². The first-order valence-corrected chi connectivity index (χ1v) is 9.84. The SMILES string of the molecule is O=C1c2c3ccccc3nn2CCN1CC1CCN(c2ccccc2)CC1. The van der Waals surface area contributed by atoms with E-state index in [1.54, 1.807) is 0 Å². The highest BCUT2D eigenvalue weighted by atomic mass is 16.2. The standard InChI is InChI=1S/C22H24N4O/c27-22-21-19-8-4-5-9-20(19)23-26(21)15-14-25(22)16-17-10-12-24(13-11-17)18-6-2-1-3-7-18/h1-9,17H,10-16H2. The molecule has 5 heteroatoms. The van der Waals surface area contributed by atoms with Crippen LogP contribution in [0.2, 0.25) is 0 Å². The Morgan fingerprint density at radius 1 is 0.889 bits per heavy atom. The van der Waals surface area contributed by atoms with Crippen molar-refractivity contribution in [2.45, 2.75) is 19.4 Å². The van der Waals surface area contributed by atoms with Gasteiger partial charge in [-0.3, -0.25) is 9.48 Å². The molecule has 138 valence electrons. The molecule has 0 aliphatic carbocycles. The van der Waals surface area contributed by atoms with Crippen molar-refractivity contribution in [2.75, 3.05) is 31.1 Å². The molecule has 1 fully saturated rings. The molecule has 3 heterocycles. The minimum atomic E-state index is 0.139. The van der Waals surface area contributed by atoms with Crippen molar-refractivity contribution >= 4 is 22.5 Å². The molecule has 5 nitrogen and oxygen atoms in total. The molecule has 1 saturated heterocycles. The first-order chi connectivity index (χ1) is 13.3. The largest absolute Gasteiger partial charge is 0.372 e. The highest BCUT2D eigenvalue weighted by molar-refractivity contribution is 6.05. The second-order valence-electron chi connectivity index (χ2n) is 7.61. The third-order valence-electron chi connectivity index (χ3n) is 5.93. The summed E-state index contributed by atoms with van der Waals surface area (Å²) in [5.41, 5.74) is 2.98. The number of hydrogen-bond acceptors (Lipinski definition) is 3. The van der Waals surface area contributed by atoms with Gasteiger partial charge in [-0.05, 0) is 37.0 Å². The molecule has 0 spiro atoms. The van der Waals surface area contributed by atoms with Crippen molar-refractivity contribution in [3.8, 4) is 0 Å². The van der Waals surface area contributed by atoms with Crippen molar-refractivity contribution in [2.24, 2.45) is 5.92 Å². The Morgan fingerprint density at radius 3 is 2.44 bits per heavy atom. The number of carbonyl (C=O) groups excluding carboxylic acids is 1. The van der Waals surface area contributed by atoms with Gasteiger partial charge in [-0.2, -0.15) is 5.10 Å². The van der Waals surface area contributed by atoms with Crippen LogP contribution in [0.3, 0.4) is 0 Å². The van der Waals surface area contributed by atoms with E-state index in [0.717, 1.165) is 62.2 Å². The van der Waals surface area contributed by atoms with Crippen molar-refractivity contribution in [3.05, 3.63) is 60.3 Å². The molecule has 0 saturated carbocycles. The Morgan fingerprint density at radius 2 is 1.63 bits per heavy atom. The van der Waals surface area contributed by atoms with Gasteiger partial charge in [0.2, 0.25) is 0 Å². The number of fused-ring (bicyclic) bond motifs is 3. The second kappa shape index (κ2) is 6.72. The van der Waals surface area contributed by atoms with Crippen LogP contribution in [0.25, 0.3) is 10.9 Å². The van der Waals surface area contributed by atoms with E-state index in [1.165, 1.54) is 5.69 Å². The number of carbonyl (C=O) groups is 1. The summed E-state index contributed by atoms with van der Waals surface area (Å²) in [6.07, 6.45) is 2.28. The Hall–Kier alpha value is -2.82. The Kier molecular flexibility index (Phi) is 4.07. The molecular formula is C22H24N4O. The predicted octanol–water partition coefficient (Wildman–Crippen LogP) is 3.41. The molecule has 27 heavy (non-hydrogen) atoms. The normalized spacial score (nSPS) is 18.1. The zero-order valence-corrected chi connectivity index (χ0v) is 15.4. The molecule has 2 aromatic carbocycles. The van der Waals surface area contributed by atoms with Gasteiger partial charge in [0.25, 0.3) is 5.91 Å². The third kappa shape index (κ3) is 2.97. The van der Waals surface area contributed by atoms with Crippen LogP contribution in [0.4, 0.5) is 5.69 Å².